The number of carbonyl (C=O) groups is 1. The van der Waals surface area contributed by atoms with E-state index in [2.05, 4.69) is 44.0 Å². The highest BCUT2D eigenvalue weighted by atomic mass is 19.1. The highest BCUT2D eigenvalue weighted by molar-refractivity contribution is 5.79. The van der Waals surface area contributed by atoms with Gasteiger partial charge in [-0.15, -0.1) is 0 Å². The highest BCUT2D eigenvalue weighted by Gasteiger charge is 2.27. The summed E-state index contributed by atoms with van der Waals surface area (Å²) < 4.78 is 15.5. The summed E-state index contributed by atoms with van der Waals surface area (Å²) in [5.74, 6) is -0.432. The van der Waals surface area contributed by atoms with Crippen molar-refractivity contribution < 1.29 is 9.18 Å². The molecule has 1 aliphatic rings. The van der Waals surface area contributed by atoms with Gasteiger partial charge in [0, 0.05) is 31.9 Å². The molecule has 0 unspecified atom stereocenters. The number of hydrogen-bond donors (Lipinski definition) is 1. The third-order valence-corrected chi connectivity index (χ3v) is 5.35. The van der Waals surface area contributed by atoms with Crippen LogP contribution in [-0.2, 0) is 17.8 Å². The van der Waals surface area contributed by atoms with Gasteiger partial charge in [0.2, 0.25) is 5.91 Å². The molecule has 4 rings (SSSR count). The molecule has 2 heterocycles. The Kier molecular flexibility index (Phi) is 5.34. The molecule has 1 atom stereocenters. The largest absolute Gasteiger partial charge is 0.378 e. The maximum atomic E-state index is 13.4. The number of nitrogens with zero attached hydrogens (tertiary/aromatic N) is 3. The van der Waals surface area contributed by atoms with Crippen LogP contribution in [0.1, 0.15) is 30.1 Å². The fraction of sp³-hybridized carbons (Fsp3) is 0.304. The quantitative estimate of drug-likeness (QED) is 0.715. The molecule has 0 bridgehead atoms. The van der Waals surface area contributed by atoms with Crippen LogP contribution < -0.4 is 10.2 Å². The van der Waals surface area contributed by atoms with Gasteiger partial charge in [-0.3, -0.25) is 4.79 Å². The molecule has 0 fully saturated rings. The summed E-state index contributed by atoms with van der Waals surface area (Å²) in [6.07, 6.45) is 3.86. The van der Waals surface area contributed by atoms with Crippen LogP contribution in [0.25, 0.3) is 11.3 Å². The zero-order valence-corrected chi connectivity index (χ0v) is 16.7. The average molecular weight is 392 g/mol. The summed E-state index contributed by atoms with van der Waals surface area (Å²) in [5.41, 5.74) is 4.79. The van der Waals surface area contributed by atoms with E-state index in [1.54, 1.807) is 12.1 Å². The number of anilines is 1. The molecular formula is C23H25FN4O. The summed E-state index contributed by atoms with van der Waals surface area (Å²) in [6, 6.07) is 14.4. The SMILES string of the molecule is CN(C)c1ccc(-c2ncn3c2[C@@H](NC(=O)Cc2cccc(F)c2)CCC3)cc1. The van der Waals surface area contributed by atoms with Gasteiger partial charge in [0.05, 0.1) is 30.2 Å². The summed E-state index contributed by atoms with van der Waals surface area (Å²) in [4.78, 5) is 19.3. The third kappa shape index (κ3) is 4.16. The van der Waals surface area contributed by atoms with Crippen molar-refractivity contribution in [1.29, 1.82) is 0 Å². The third-order valence-electron chi connectivity index (χ3n) is 5.35. The highest BCUT2D eigenvalue weighted by Crippen LogP contribution is 2.34. The first kappa shape index (κ1) is 19.2. The molecular weight excluding hydrogens is 367 g/mol. The second-order valence-electron chi connectivity index (χ2n) is 7.68. The maximum Gasteiger partial charge on any atom is 0.224 e. The Hall–Kier alpha value is -3.15. The maximum absolute atomic E-state index is 13.4. The zero-order chi connectivity index (χ0) is 20.4. The van der Waals surface area contributed by atoms with Gasteiger partial charge in [-0.1, -0.05) is 24.3 Å². The number of amides is 1. The van der Waals surface area contributed by atoms with Gasteiger partial charge >= 0.3 is 0 Å². The van der Waals surface area contributed by atoms with Crippen molar-refractivity contribution in [2.75, 3.05) is 19.0 Å². The number of aryl methyl sites for hydroxylation is 1. The summed E-state index contributed by atoms with van der Waals surface area (Å²) in [6.45, 7) is 0.897. The summed E-state index contributed by atoms with van der Waals surface area (Å²) in [5, 5.41) is 3.14. The van der Waals surface area contributed by atoms with Gasteiger partial charge < -0.3 is 14.8 Å². The van der Waals surface area contributed by atoms with Crippen LogP contribution in [-0.4, -0.2) is 29.6 Å². The number of aromatic nitrogens is 2. The summed E-state index contributed by atoms with van der Waals surface area (Å²) >= 11 is 0. The van der Waals surface area contributed by atoms with Crippen molar-refractivity contribution >= 4 is 11.6 Å². The van der Waals surface area contributed by atoms with Crippen molar-refractivity contribution in [3.63, 3.8) is 0 Å². The molecule has 0 radical (unpaired) electrons. The van der Waals surface area contributed by atoms with Crippen LogP contribution in [0, 0.1) is 5.82 Å². The molecule has 0 saturated heterocycles. The van der Waals surface area contributed by atoms with Gasteiger partial charge in [0.25, 0.3) is 0 Å². The number of halogens is 1. The van der Waals surface area contributed by atoms with E-state index in [9.17, 15) is 9.18 Å². The summed E-state index contributed by atoms with van der Waals surface area (Å²) in [7, 11) is 4.02. The predicted octanol–water partition coefficient (Wildman–Crippen LogP) is 3.95. The predicted molar refractivity (Wildman–Crippen MR) is 112 cm³/mol. The standard InChI is InChI=1S/C23H25FN4O/c1-27(2)19-10-8-17(9-11-19)22-23-20(7-4-12-28(23)15-25-22)26-21(29)14-16-5-3-6-18(24)13-16/h3,5-6,8-11,13,15,20H,4,7,12,14H2,1-2H3,(H,26,29)/t20-/m0/s1. The van der Waals surface area contributed by atoms with Crippen LogP contribution in [0.4, 0.5) is 10.1 Å². The monoisotopic (exact) mass is 392 g/mol. The van der Waals surface area contributed by atoms with E-state index in [0.717, 1.165) is 42.0 Å². The fourth-order valence-corrected chi connectivity index (χ4v) is 3.90. The van der Waals surface area contributed by atoms with E-state index < -0.39 is 0 Å². The lowest BCUT2D eigenvalue weighted by molar-refractivity contribution is -0.121. The van der Waals surface area contributed by atoms with Gasteiger partial charge in [0.1, 0.15) is 5.82 Å². The van der Waals surface area contributed by atoms with Gasteiger partial charge in [-0.2, -0.15) is 0 Å². The molecule has 1 aromatic heterocycles. The molecule has 1 aliphatic heterocycles. The van der Waals surface area contributed by atoms with Crippen molar-refractivity contribution in [2.24, 2.45) is 0 Å². The number of carbonyl (C=O) groups excluding carboxylic acids is 1. The molecule has 0 spiro atoms. The molecule has 2 aromatic carbocycles. The molecule has 3 aromatic rings. The van der Waals surface area contributed by atoms with Crippen molar-refractivity contribution in [3.05, 3.63) is 71.9 Å². The van der Waals surface area contributed by atoms with E-state index in [4.69, 9.17) is 0 Å². The molecule has 0 saturated carbocycles. The minimum Gasteiger partial charge on any atom is -0.378 e. The fourth-order valence-electron chi connectivity index (χ4n) is 3.90. The van der Waals surface area contributed by atoms with E-state index >= 15 is 0 Å². The Bertz CT molecular complexity index is 1010. The van der Waals surface area contributed by atoms with Crippen molar-refractivity contribution in [2.45, 2.75) is 31.8 Å². The van der Waals surface area contributed by atoms with E-state index in [-0.39, 0.29) is 24.2 Å². The van der Waals surface area contributed by atoms with Gasteiger partial charge in [-0.25, -0.2) is 9.37 Å². The molecule has 6 heteroatoms. The lowest BCUT2D eigenvalue weighted by Crippen LogP contribution is -2.33. The Morgan fingerprint density at radius 1 is 1.24 bits per heavy atom. The van der Waals surface area contributed by atoms with Crippen LogP contribution in [0.2, 0.25) is 0 Å². The van der Waals surface area contributed by atoms with Gasteiger partial charge in [0.15, 0.2) is 0 Å². The first-order chi connectivity index (χ1) is 14.0. The molecule has 5 nitrogen and oxygen atoms in total. The number of nitrogens with one attached hydrogen (secondary N) is 1. The molecule has 1 N–H and O–H groups in total. The van der Waals surface area contributed by atoms with E-state index in [1.165, 1.54) is 12.1 Å². The normalized spacial score (nSPS) is 15.6. The molecule has 1 amide bonds. The van der Waals surface area contributed by atoms with Crippen LogP contribution in [0.3, 0.4) is 0 Å². The van der Waals surface area contributed by atoms with Crippen molar-refractivity contribution in [3.8, 4) is 11.3 Å². The number of imidazole rings is 1. The molecule has 0 aliphatic carbocycles. The second kappa shape index (κ2) is 8.07. The number of hydrogen-bond acceptors (Lipinski definition) is 3. The van der Waals surface area contributed by atoms with E-state index in [0.29, 0.717) is 5.56 Å². The Balaban J connectivity index is 1.56. The second-order valence-corrected chi connectivity index (χ2v) is 7.68. The van der Waals surface area contributed by atoms with Crippen LogP contribution in [0.5, 0.6) is 0 Å². The first-order valence-electron chi connectivity index (χ1n) is 9.88. The van der Waals surface area contributed by atoms with Crippen LogP contribution >= 0.6 is 0 Å². The Morgan fingerprint density at radius 3 is 2.76 bits per heavy atom. The van der Waals surface area contributed by atoms with E-state index in [1.807, 2.05) is 20.4 Å². The van der Waals surface area contributed by atoms with Crippen molar-refractivity contribution in [1.82, 2.24) is 14.9 Å². The minimum atomic E-state index is -0.325. The molecule has 29 heavy (non-hydrogen) atoms. The van der Waals surface area contributed by atoms with Crippen LogP contribution in [0.15, 0.2) is 54.9 Å². The number of fused-ring (bicyclic) bond motifs is 1. The number of benzene rings is 2. The Morgan fingerprint density at radius 2 is 2.03 bits per heavy atom. The minimum absolute atomic E-state index is 0.101. The first-order valence-corrected chi connectivity index (χ1v) is 9.88. The topological polar surface area (TPSA) is 50.2 Å². The lowest BCUT2D eigenvalue weighted by atomic mass is 9.98. The lowest BCUT2D eigenvalue weighted by Gasteiger charge is -2.26. The zero-order valence-electron chi connectivity index (χ0n) is 16.7. The number of rotatable bonds is 5. The van der Waals surface area contributed by atoms with Gasteiger partial charge in [-0.05, 0) is 42.7 Å². The smallest absolute Gasteiger partial charge is 0.224 e. The average Bonchev–Trinajstić information content (AvgIpc) is 3.13. The molecule has 150 valence electrons. The Labute approximate surface area is 170 Å².